The van der Waals surface area contributed by atoms with E-state index >= 15 is 0 Å². The summed E-state index contributed by atoms with van der Waals surface area (Å²) < 4.78 is 5.19. The molecule has 0 saturated carbocycles. The first-order valence-corrected chi connectivity index (χ1v) is 8.45. The summed E-state index contributed by atoms with van der Waals surface area (Å²) in [5.74, 6) is 1.25. The zero-order valence-corrected chi connectivity index (χ0v) is 17.8. The van der Waals surface area contributed by atoms with Gasteiger partial charge in [-0.3, -0.25) is 9.89 Å². The van der Waals surface area contributed by atoms with Gasteiger partial charge in [-0.2, -0.15) is 0 Å². The van der Waals surface area contributed by atoms with E-state index in [0.29, 0.717) is 23.8 Å². The van der Waals surface area contributed by atoms with E-state index in [1.807, 2.05) is 6.92 Å². The fraction of sp³-hybridized carbons (Fsp3) is 0.706. The van der Waals surface area contributed by atoms with Crippen LogP contribution in [0.1, 0.15) is 46.5 Å². The second-order valence-electron chi connectivity index (χ2n) is 6.10. The molecular weight excluding hydrogens is 419 g/mol. The lowest BCUT2D eigenvalue weighted by Gasteiger charge is -2.30. The summed E-state index contributed by atoms with van der Waals surface area (Å²) in [7, 11) is 0. The predicted molar refractivity (Wildman–Crippen MR) is 110 cm³/mol. The van der Waals surface area contributed by atoms with Gasteiger partial charge in [0.05, 0.1) is 12.8 Å². The van der Waals surface area contributed by atoms with E-state index < -0.39 is 6.10 Å². The van der Waals surface area contributed by atoms with E-state index in [0.717, 1.165) is 19.6 Å². The van der Waals surface area contributed by atoms with Gasteiger partial charge in [0.25, 0.3) is 0 Å². The molecule has 1 aromatic rings. The molecule has 0 fully saturated rings. The summed E-state index contributed by atoms with van der Waals surface area (Å²) in [6.07, 6.45) is 0.835. The molecule has 140 valence electrons. The monoisotopic (exact) mass is 452 g/mol. The highest BCUT2D eigenvalue weighted by Crippen LogP contribution is 2.12. The number of aliphatic hydroxyl groups excluding tert-OH is 1. The highest BCUT2D eigenvalue weighted by atomic mass is 127. The minimum atomic E-state index is -0.719. The fourth-order valence-corrected chi connectivity index (χ4v) is 2.51. The molecule has 6 nitrogen and oxygen atoms in total. The van der Waals surface area contributed by atoms with Crippen molar-refractivity contribution in [3.63, 3.8) is 0 Å². The van der Waals surface area contributed by atoms with Crippen molar-refractivity contribution in [2.45, 2.75) is 52.8 Å². The Bertz CT molecular complexity index is 441. The van der Waals surface area contributed by atoms with Crippen LogP contribution in [0.4, 0.5) is 0 Å². The summed E-state index contributed by atoms with van der Waals surface area (Å²) in [6, 6.07) is 4.54. The van der Waals surface area contributed by atoms with Gasteiger partial charge in [-0.15, -0.1) is 24.0 Å². The number of nitrogens with one attached hydrogen (secondary N) is 2. The van der Waals surface area contributed by atoms with Crippen molar-refractivity contribution in [3.8, 4) is 0 Å². The third kappa shape index (κ3) is 8.34. The van der Waals surface area contributed by atoms with Crippen LogP contribution in [0, 0.1) is 0 Å². The molecule has 1 heterocycles. The van der Waals surface area contributed by atoms with E-state index in [1.165, 1.54) is 0 Å². The van der Waals surface area contributed by atoms with E-state index in [4.69, 9.17) is 4.42 Å². The molecule has 7 heteroatoms. The maximum Gasteiger partial charge on any atom is 0.191 e. The fourth-order valence-electron chi connectivity index (χ4n) is 2.51. The highest BCUT2D eigenvalue weighted by Gasteiger charge is 2.13. The number of guanidine groups is 1. The highest BCUT2D eigenvalue weighted by molar-refractivity contribution is 14.0. The molecule has 0 radical (unpaired) electrons. The first-order chi connectivity index (χ1) is 11.0. The lowest BCUT2D eigenvalue weighted by Crippen LogP contribution is -2.45. The molecule has 1 atom stereocenters. The van der Waals surface area contributed by atoms with Gasteiger partial charge in [0.2, 0.25) is 0 Å². The number of aliphatic imine (C=N–C) groups is 1. The lowest BCUT2D eigenvalue weighted by molar-refractivity contribution is 0.158. The van der Waals surface area contributed by atoms with Crippen LogP contribution in [0.3, 0.4) is 0 Å². The molecule has 1 aromatic heterocycles. The van der Waals surface area contributed by atoms with Crippen molar-refractivity contribution >= 4 is 29.9 Å². The van der Waals surface area contributed by atoms with Crippen LogP contribution >= 0.6 is 24.0 Å². The SMILES string of the molecule is CCNC(=NCC(O)c1ccco1)NCCN(C(C)C)C(C)C.I. The number of furan rings is 1. The molecule has 0 aliphatic carbocycles. The van der Waals surface area contributed by atoms with Crippen molar-refractivity contribution in [1.29, 1.82) is 0 Å². The van der Waals surface area contributed by atoms with Crippen LogP contribution in [0.2, 0.25) is 0 Å². The largest absolute Gasteiger partial charge is 0.467 e. The number of aliphatic hydroxyl groups is 1. The molecule has 0 aromatic carbocycles. The van der Waals surface area contributed by atoms with Crippen molar-refractivity contribution in [1.82, 2.24) is 15.5 Å². The zero-order chi connectivity index (χ0) is 17.2. The molecule has 0 aliphatic rings. The van der Waals surface area contributed by atoms with Gasteiger partial charge < -0.3 is 20.2 Å². The van der Waals surface area contributed by atoms with E-state index in [9.17, 15) is 5.11 Å². The molecule has 3 N–H and O–H groups in total. The van der Waals surface area contributed by atoms with Crippen LogP contribution < -0.4 is 10.6 Å². The smallest absolute Gasteiger partial charge is 0.191 e. The van der Waals surface area contributed by atoms with Crippen molar-refractivity contribution < 1.29 is 9.52 Å². The number of hydrogen-bond donors (Lipinski definition) is 3. The Kier molecular flexibility index (Phi) is 12.1. The van der Waals surface area contributed by atoms with Crippen LogP contribution in [0.15, 0.2) is 27.8 Å². The van der Waals surface area contributed by atoms with Crippen LogP contribution in [-0.2, 0) is 0 Å². The number of halogens is 1. The van der Waals surface area contributed by atoms with Crippen molar-refractivity contribution in [2.24, 2.45) is 4.99 Å². The van der Waals surface area contributed by atoms with Gasteiger partial charge in [-0.25, -0.2) is 0 Å². The zero-order valence-electron chi connectivity index (χ0n) is 15.5. The van der Waals surface area contributed by atoms with Gasteiger partial charge in [0, 0.05) is 31.7 Å². The first-order valence-electron chi connectivity index (χ1n) is 8.45. The van der Waals surface area contributed by atoms with Gasteiger partial charge in [-0.05, 0) is 46.8 Å². The summed E-state index contributed by atoms with van der Waals surface area (Å²) in [6.45, 7) is 13.6. The van der Waals surface area contributed by atoms with Gasteiger partial charge in [0.15, 0.2) is 5.96 Å². The summed E-state index contributed by atoms with van der Waals surface area (Å²) >= 11 is 0. The molecule has 1 unspecified atom stereocenters. The van der Waals surface area contributed by atoms with Crippen LogP contribution in [0.5, 0.6) is 0 Å². The topological polar surface area (TPSA) is 73.0 Å². The normalized spacial score (nSPS) is 13.3. The van der Waals surface area contributed by atoms with Crippen LogP contribution in [0.25, 0.3) is 0 Å². The predicted octanol–water partition coefficient (Wildman–Crippen LogP) is 2.60. The third-order valence-corrected chi connectivity index (χ3v) is 3.63. The van der Waals surface area contributed by atoms with E-state index in [1.54, 1.807) is 18.4 Å². The van der Waals surface area contributed by atoms with Gasteiger partial charge in [0.1, 0.15) is 11.9 Å². The summed E-state index contributed by atoms with van der Waals surface area (Å²) in [5, 5.41) is 16.5. The Morgan fingerprint density at radius 3 is 2.42 bits per heavy atom. The molecule has 0 aliphatic heterocycles. The van der Waals surface area contributed by atoms with E-state index in [-0.39, 0.29) is 30.5 Å². The Labute approximate surface area is 163 Å². The maximum atomic E-state index is 10.0. The second-order valence-corrected chi connectivity index (χ2v) is 6.10. The summed E-state index contributed by atoms with van der Waals surface area (Å²) in [5.41, 5.74) is 0. The first kappa shape index (κ1) is 23.2. The Hall–Kier alpha value is -0.800. The Balaban J connectivity index is 0.00000529. The number of hydrogen-bond acceptors (Lipinski definition) is 4. The Morgan fingerprint density at radius 2 is 1.92 bits per heavy atom. The molecule has 0 spiro atoms. The van der Waals surface area contributed by atoms with Crippen molar-refractivity contribution in [2.75, 3.05) is 26.2 Å². The molecule has 0 saturated heterocycles. The van der Waals surface area contributed by atoms with Crippen molar-refractivity contribution in [3.05, 3.63) is 24.2 Å². The molecule has 0 amide bonds. The summed E-state index contributed by atoms with van der Waals surface area (Å²) in [4.78, 5) is 6.85. The Morgan fingerprint density at radius 1 is 1.25 bits per heavy atom. The average Bonchev–Trinajstić information content (AvgIpc) is 3.02. The number of nitrogens with zero attached hydrogens (tertiary/aromatic N) is 2. The van der Waals surface area contributed by atoms with Crippen LogP contribution in [-0.4, -0.2) is 54.2 Å². The molecular formula is C17H33IN4O2. The second kappa shape index (κ2) is 12.5. The minimum Gasteiger partial charge on any atom is -0.467 e. The quantitative estimate of drug-likeness (QED) is 0.305. The third-order valence-electron chi connectivity index (χ3n) is 3.63. The molecule has 24 heavy (non-hydrogen) atoms. The van der Waals surface area contributed by atoms with E-state index in [2.05, 4.69) is 48.2 Å². The molecule has 0 bridgehead atoms. The standard InChI is InChI=1S/C17H32N4O2.HI/c1-6-18-17(19-9-10-21(13(2)3)14(4)5)20-12-15(22)16-8-7-11-23-16;/h7-8,11,13-15,22H,6,9-10,12H2,1-5H3,(H2,18,19,20);1H. The van der Waals surface area contributed by atoms with Gasteiger partial charge >= 0.3 is 0 Å². The molecule has 1 rings (SSSR count). The maximum absolute atomic E-state index is 10.0. The minimum absolute atomic E-state index is 0. The van der Waals surface area contributed by atoms with Gasteiger partial charge in [-0.1, -0.05) is 0 Å². The number of rotatable bonds is 9. The lowest BCUT2D eigenvalue weighted by atomic mass is 10.2. The average molecular weight is 452 g/mol.